The van der Waals surface area contributed by atoms with Crippen LogP contribution in [0.3, 0.4) is 0 Å². The van der Waals surface area contributed by atoms with Gasteiger partial charge in [0.25, 0.3) is 0 Å². The zero-order valence-corrected chi connectivity index (χ0v) is 19.7. The highest BCUT2D eigenvalue weighted by molar-refractivity contribution is 5.91. The van der Waals surface area contributed by atoms with E-state index >= 15 is 0 Å². The Labute approximate surface area is 183 Å². The largest absolute Gasteiger partial charge is 0.396 e. The second-order valence-electron chi connectivity index (χ2n) is 12.0. The predicted octanol–water partition coefficient (Wildman–Crippen LogP) is 5.54. The van der Waals surface area contributed by atoms with Crippen LogP contribution < -0.4 is 0 Å². The van der Waals surface area contributed by atoms with Crippen molar-refractivity contribution in [1.29, 1.82) is 0 Å². The van der Waals surface area contributed by atoms with Crippen LogP contribution in [-0.2, 0) is 4.79 Å². The minimum atomic E-state index is -0.274. The number of fused-ring (bicyclic) bond motifs is 5. The van der Waals surface area contributed by atoms with E-state index in [0.717, 1.165) is 31.1 Å². The van der Waals surface area contributed by atoms with Crippen LogP contribution in [0.25, 0.3) is 0 Å². The fourth-order valence-electron chi connectivity index (χ4n) is 8.58. The minimum Gasteiger partial charge on any atom is -0.396 e. The Morgan fingerprint density at radius 1 is 1.10 bits per heavy atom. The lowest BCUT2D eigenvalue weighted by molar-refractivity contribution is -0.124. The van der Waals surface area contributed by atoms with Gasteiger partial charge in [-0.15, -0.1) is 0 Å². The highest BCUT2D eigenvalue weighted by Gasteiger charge is 2.61. The van der Waals surface area contributed by atoms with Gasteiger partial charge >= 0.3 is 0 Å². The minimum absolute atomic E-state index is 0.128. The predicted molar refractivity (Wildman–Crippen MR) is 121 cm³/mol. The summed E-state index contributed by atoms with van der Waals surface area (Å²) in [4.78, 5) is 12.1. The van der Waals surface area contributed by atoms with Gasteiger partial charge in [0.2, 0.25) is 0 Å². The summed E-state index contributed by atoms with van der Waals surface area (Å²) >= 11 is 0. The smallest absolute Gasteiger partial charge is 0.155 e. The first kappa shape index (κ1) is 22.5. The Hall–Kier alpha value is -0.670. The molecule has 3 heteroatoms. The molecule has 0 aromatic carbocycles. The van der Waals surface area contributed by atoms with Gasteiger partial charge < -0.3 is 10.2 Å². The Balaban J connectivity index is 1.50. The molecule has 0 spiro atoms. The molecule has 2 N–H and O–H groups in total. The van der Waals surface area contributed by atoms with Crippen LogP contribution in [-0.4, -0.2) is 28.7 Å². The average molecular weight is 417 g/mol. The summed E-state index contributed by atoms with van der Waals surface area (Å²) in [5, 5.41) is 20.6. The van der Waals surface area contributed by atoms with E-state index in [4.69, 9.17) is 0 Å². The van der Waals surface area contributed by atoms with Crippen LogP contribution in [0.1, 0.15) is 91.9 Å². The van der Waals surface area contributed by atoms with Gasteiger partial charge in [0.15, 0.2) is 5.78 Å². The van der Waals surface area contributed by atoms with Crippen molar-refractivity contribution < 1.29 is 15.0 Å². The third kappa shape index (κ3) is 3.62. The van der Waals surface area contributed by atoms with Gasteiger partial charge in [0.1, 0.15) is 0 Å². The fourth-order valence-corrected chi connectivity index (χ4v) is 8.58. The van der Waals surface area contributed by atoms with Gasteiger partial charge in [0.05, 0.1) is 6.10 Å². The molecule has 4 aliphatic rings. The van der Waals surface area contributed by atoms with Crippen molar-refractivity contribution in [2.75, 3.05) is 6.61 Å². The van der Waals surface area contributed by atoms with Crippen LogP contribution in [0.2, 0.25) is 0 Å². The summed E-state index contributed by atoms with van der Waals surface area (Å²) < 4.78 is 0. The van der Waals surface area contributed by atoms with E-state index in [1.165, 1.54) is 44.1 Å². The molecular formula is C27H44O3. The summed E-state index contributed by atoms with van der Waals surface area (Å²) in [6.07, 6.45) is 12.7. The first-order valence-corrected chi connectivity index (χ1v) is 12.7. The SMILES string of the molecule is CC(CO)CCC[C@@H](C)C1CCC2C3C(O)CC4=CC(=O)CC[C@]4(C)C3CC[C@@]21C. The number of carbonyl (C=O) groups excluding carboxylic acids is 1. The summed E-state index contributed by atoms with van der Waals surface area (Å²) in [5.41, 5.74) is 1.73. The lowest BCUT2D eigenvalue weighted by Gasteiger charge is -2.60. The molecule has 0 amide bonds. The van der Waals surface area contributed by atoms with Crippen molar-refractivity contribution >= 4 is 5.78 Å². The first-order chi connectivity index (χ1) is 14.2. The summed E-state index contributed by atoms with van der Waals surface area (Å²) in [6, 6.07) is 0. The lowest BCUT2D eigenvalue weighted by atomic mass is 9.45. The van der Waals surface area contributed by atoms with Gasteiger partial charge in [-0.25, -0.2) is 0 Å². The number of hydrogen-bond acceptors (Lipinski definition) is 3. The Morgan fingerprint density at radius 3 is 2.60 bits per heavy atom. The molecule has 0 radical (unpaired) electrons. The number of hydrogen-bond donors (Lipinski definition) is 2. The van der Waals surface area contributed by atoms with Gasteiger partial charge in [-0.2, -0.15) is 0 Å². The quantitative estimate of drug-likeness (QED) is 0.598. The van der Waals surface area contributed by atoms with Crippen LogP contribution in [0.4, 0.5) is 0 Å². The van der Waals surface area contributed by atoms with E-state index in [-0.39, 0.29) is 17.3 Å². The summed E-state index contributed by atoms with van der Waals surface area (Å²) in [5.74, 6) is 3.75. The van der Waals surface area contributed by atoms with Crippen molar-refractivity contribution in [1.82, 2.24) is 0 Å². The number of carbonyl (C=O) groups is 1. The van der Waals surface area contributed by atoms with Gasteiger partial charge in [-0.05, 0) is 97.4 Å². The topological polar surface area (TPSA) is 57.5 Å². The van der Waals surface area contributed by atoms with E-state index in [1.54, 1.807) is 0 Å². The van der Waals surface area contributed by atoms with Crippen molar-refractivity contribution in [2.45, 2.75) is 98.0 Å². The summed E-state index contributed by atoms with van der Waals surface area (Å²) in [6.45, 7) is 9.85. The molecule has 4 aliphatic carbocycles. The second-order valence-corrected chi connectivity index (χ2v) is 12.0. The first-order valence-electron chi connectivity index (χ1n) is 12.7. The van der Waals surface area contributed by atoms with Gasteiger partial charge in [-0.3, -0.25) is 4.79 Å². The van der Waals surface area contributed by atoms with Crippen molar-refractivity contribution in [3.8, 4) is 0 Å². The zero-order chi connectivity index (χ0) is 21.7. The normalized spacial score (nSPS) is 45.2. The zero-order valence-electron chi connectivity index (χ0n) is 19.7. The standard InChI is InChI=1S/C27H44O3/c1-17(16-28)6-5-7-18(2)21-8-9-22-25-23(11-13-27(21,22)4)26(3)12-10-20(29)14-19(26)15-24(25)30/h14,17-18,21-25,28,30H,5-13,15-16H2,1-4H3/t17?,18-,21?,22?,23?,24?,25?,26+,27-/m1/s1. The van der Waals surface area contributed by atoms with Crippen molar-refractivity contribution in [2.24, 2.45) is 46.3 Å². The van der Waals surface area contributed by atoms with Gasteiger partial charge in [0, 0.05) is 13.0 Å². The van der Waals surface area contributed by atoms with Crippen molar-refractivity contribution in [3.63, 3.8) is 0 Å². The lowest BCUT2D eigenvalue weighted by Crippen LogP contribution is -2.55. The monoisotopic (exact) mass is 416 g/mol. The van der Waals surface area contributed by atoms with E-state index < -0.39 is 0 Å². The van der Waals surface area contributed by atoms with Gasteiger partial charge in [-0.1, -0.05) is 46.1 Å². The highest BCUT2D eigenvalue weighted by Crippen LogP contribution is 2.67. The Kier molecular flexibility index (Phi) is 6.27. The molecule has 0 aliphatic heterocycles. The van der Waals surface area contributed by atoms with Crippen LogP contribution in [0.15, 0.2) is 11.6 Å². The van der Waals surface area contributed by atoms with E-state index in [2.05, 4.69) is 27.7 Å². The maximum atomic E-state index is 12.1. The number of ketones is 1. The molecule has 0 aromatic rings. The number of aliphatic hydroxyl groups excluding tert-OH is 2. The molecule has 4 rings (SSSR count). The number of rotatable bonds is 6. The molecule has 0 saturated heterocycles. The van der Waals surface area contributed by atoms with E-state index in [9.17, 15) is 15.0 Å². The van der Waals surface area contributed by atoms with Crippen molar-refractivity contribution in [3.05, 3.63) is 11.6 Å². The molecule has 3 nitrogen and oxygen atoms in total. The molecule has 30 heavy (non-hydrogen) atoms. The van der Waals surface area contributed by atoms with Crippen LogP contribution in [0, 0.1) is 46.3 Å². The van der Waals surface area contributed by atoms with Crippen LogP contribution >= 0.6 is 0 Å². The molecule has 3 fully saturated rings. The van der Waals surface area contributed by atoms with Crippen LogP contribution in [0.5, 0.6) is 0 Å². The molecule has 3 saturated carbocycles. The molecule has 9 atom stereocenters. The second kappa shape index (κ2) is 8.35. The molecule has 0 heterocycles. The molecule has 170 valence electrons. The fraction of sp³-hybridized carbons (Fsp3) is 0.889. The van der Waals surface area contributed by atoms with E-state index in [0.29, 0.717) is 42.1 Å². The molecule has 6 unspecified atom stereocenters. The highest BCUT2D eigenvalue weighted by atomic mass is 16.3. The number of aliphatic hydroxyl groups is 2. The molecule has 0 bridgehead atoms. The maximum Gasteiger partial charge on any atom is 0.155 e. The Bertz CT molecular complexity index is 684. The van der Waals surface area contributed by atoms with E-state index in [1.807, 2.05) is 6.08 Å². The Morgan fingerprint density at radius 2 is 1.87 bits per heavy atom. The average Bonchev–Trinajstić information content (AvgIpc) is 3.06. The third-order valence-electron chi connectivity index (χ3n) is 10.4. The molecule has 0 aromatic heterocycles. The third-order valence-corrected chi connectivity index (χ3v) is 10.4. The molecular weight excluding hydrogens is 372 g/mol. The maximum absolute atomic E-state index is 12.1. The summed E-state index contributed by atoms with van der Waals surface area (Å²) in [7, 11) is 0.